The van der Waals surface area contributed by atoms with Crippen molar-refractivity contribution in [3.63, 3.8) is 0 Å². The molecule has 2 fully saturated rings. The van der Waals surface area contributed by atoms with E-state index < -0.39 is 18.6 Å². The summed E-state index contributed by atoms with van der Waals surface area (Å²) in [6, 6.07) is 9.32. The van der Waals surface area contributed by atoms with Crippen molar-refractivity contribution in [2.75, 3.05) is 13.2 Å². The first-order valence-electron chi connectivity index (χ1n) is 12.3. The maximum Gasteiger partial charge on any atom is 0.387 e. The maximum atomic E-state index is 13.0. The standard InChI is InChI=1S/C27H28F2N2O6/c1-15(32)31-12-20(18-6-7-23(37-27(28)29)24(10-18)35-13-16-2-3-16)9-22(31)26(34)36-14-17-4-5-19-11-30-25(33)21(19)8-17/h4-8,10,16,20,22,27H,2-3,9,11-14H2,1H3,(H,30,33)/t20-,22-/m1/s1. The molecule has 1 saturated carbocycles. The Morgan fingerprint density at radius 1 is 1.14 bits per heavy atom. The van der Waals surface area contributed by atoms with Crippen molar-refractivity contribution in [2.24, 2.45) is 5.92 Å². The Kier molecular flexibility index (Phi) is 6.99. The van der Waals surface area contributed by atoms with Gasteiger partial charge in [0.05, 0.1) is 6.61 Å². The van der Waals surface area contributed by atoms with Gasteiger partial charge in [0.2, 0.25) is 5.91 Å². The molecule has 2 amide bonds. The van der Waals surface area contributed by atoms with Gasteiger partial charge in [-0.15, -0.1) is 0 Å². The van der Waals surface area contributed by atoms with E-state index in [0.29, 0.717) is 36.6 Å². The number of carbonyl (C=O) groups is 3. The lowest BCUT2D eigenvalue weighted by molar-refractivity contribution is -0.154. The number of hydrogen-bond acceptors (Lipinski definition) is 6. The molecule has 2 aromatic carbocycles. The summed E-state index contributed by atoms with van der Waals surface area (Å²) in [5.74, 6) is -0.566. The van der Waals surface area contributed by atoms with Crippen LogP contribution in [0.4, 0.5) is 8.78 Å². The molecule has 0 unspecified atom stereocenters. The Hall–Kier alpha value is -3.69. The summed E-state index contributed by atoms with van der Waals surface area (Å²) in [6.45, 7) is -0.421. The highest BCUT2D eigenvalue weighted by Gasteiger charge is 2.40. The quantitative estimate of drug-likeness (QED) is 0.512. The number of hydrogen-bond donors (Lipinski definition) is 1. The first kappa shape index (κ1) is 25.0. The van der Waals surface area contributed by atoms with E-state index in [4.69, 9.17) is 9.47 Å². The molecule has 1 saturated heterocycles. The summed E-state index contributed by atoms with van der Waals surface area (Å²) >= 11 is 0. The number of halogens is 2. The van der Waals surface area contributed by atoms with E-state index >= 15 is 0 Å². The van der Waals surface area contributed by atoms with E-state index in [2.05, 4.69) is 10.1 Å². The molecule has 196 valence electrons. The third-order valence-electron chi connectivity index (χ3n) is 7.04. The second-order valence-corrected chi connectivity index (χ2v) is 9.74. The monoisotopic (exact) mass is 514 g/mol. The maximum absolute atomic E-state index is 13.0. The summed E-state index contributed by atoms with van der Waals surface area (Å²) in [7, 11) is 0. The van der Waals surface area contributed by atoms with Gasteiger partial charge < -0.3 is 24.4 Å². The third kappa shape index (κ3) is 5.68. The summed E-state index contributed by atoms with van der Waals surface area (Å²) in [6.07, 6.45) is 2.41. The van der Waals surface area contributed by atoms with Crippen LogP contribution in [0.25, 0.3) is 0 Å². The van der Waals surface area contributed by atoms with Crippen LogP contribution in [0, 0.1) is 5.92 Å². The first-order chi connectivity index (χ1) is 17.8. The Balaban J connectivity index is 1.28. The fourth-order valence-corrected chi connectivity index (χ4v) is 4.83. The van der Waals surface area contributed by atoms with Crippen LogP contribution >= 0.6 is 0 Å². The van der Waals surface area contributed by atoms with E-state index in [9.17, 15) is 23.2 Å². The lowest BCUT2D eigenvalue weighted by atomic mass is 9.96. The molecular formula is C27H28F2N2O6. The van der Waals surface area contributed by atoms with Crippen molar-refractivity contribution >= 4 is 17.8 Å². The summed E-state index contributed by atoms with van der Waals surface area (Å²) in [5.41, 5.74) is 2.91. The highest BCUT2D eigenvalue weighted by molar-refractivity contribution is 5.98. The fourth-order valence-electron chi connectivity index (χ4n) is 4.83. The van der Waals surface area contributed by atoms with E-state index in [-0.39, 0.29) is 42.4 Å². The van der Waals surface area contributed by atoms with Gasteiger partial charge in [-0.2, -0.15) is 8.78 Å². The summed E-state index contributed by atoms with van der Waals surface area (Å²) < 4.78 is 41.7. The number of ether oxygens (including phenoxy) is 3. The first-order valence-corrected chi connectivity index (χ1v) is 12.3. The minimum atomic E-state index is -2.98. The number of nitrogens with zero attached hydrogens (tertiary/aromatic N) is 1. The van der Waals surface area contributed by atoms with Gasteiger partial charge in [-0.1, -0.05) is 18.2 Å². The van der Waals surface area contributed by atoms with Crippen molar-refractivity contribution in [1.29, 1.82) is 0 Å². The molecule has 2 aromatic rings. The molecule has 2 atom stereocenters. The zero-order valence-electron chi connectivity index (χ0n) is 20.4. The molecule has 37 heavy (non-hydrogen) atoms. The Bertz CT molecular complexity index is 1220. The van der Waals surface area contributed by atoms with Crippen LogP contribution in [0.5, 0.6) is 11.5 Å². The SMILES string of the molecule is CC(=O)N1C[C@H](c2ccc(OC(F)F)c(OCC3CC3)c2)C[C@@H]1C(=O)OCc1ccc2c(c1)C(=O)NC2. The van der Waals surface area contributed by atoms with E-state index in [1.165, 1.54) is 17.9 Å². The zero-order valence-corrected chi connectivity index (χ0v) is 20.4. The minimum absolute atomic E-state index is 0.0227. The smallest absolute Gasteiger partial charge is 0.387 e. The number of carbonyl (C=O) groups excluding carboxylic acids is 3. The van der Waals surface area contributed by atoms with E-state index in [1.807, 2.05) is 6.07 Å². The van der Waals surface area contributed by atoms with Crippen molar-refractivity contribution in [1.82, 2.24) is 10.2 Å². The molecule has 10 heteroatoms. The predicted molar refractivity (Wildman–Crippen MR) is 127 cm³/mol. The number of esters is 1. The Labute approximate surface area is 212 Å². The number of rotatable bonds is 9. The topological polar surface area (TPSA) is 94.2 Å². The highest BCUT2D eigenvalue weighted by Crippen LogP contribution is 2.39. The van der Waals surface area contributed by atoms with Crippen LogP contribution in [0.2, 0.25) is 0 Å². The molecular weight excluding hydrogens is 486 g/mol. The normalized spacial score (nSPS) is 20.5. The van der Waals surface area contributed by atoms with Crippen molar-refractivity contribution < 1.29 is 37.4 Å². The van der Waals surface area contributed by atoms with Crippen molar-refractivity contribution in [2.45, 2.75) is 57.9 Å². The Morgan fingerprint density at radius 2 is 1.95 bits per heavy atom. The molecule has 2 heterocycles. The van der Waals surface area contributed by atoms with Crippen LogP contribution < -0.4 is 14.8 Å². The summed E-state index contributed by atoms with van der Waals surface area (Å²) in [4.78, 5) is 38.7. The average molecular weight is 515 g/mol. The van der Waals surface area contributed by atoms with Gasteiger partial charge >= 0.3 is 12.6 Å². The molecule has 1 aliphatic carbocycles. The molecule has 0 spiro atoms. The molecule has 0 aromatic heterocycles. The number of benzene rings is 2. The number of fused-ring (bicyclic) bond motifs is 1. The van der Waals surface area contributed by atoms with Crippen LogP contribution in [-0.4, -0.2) is 48.5 Å². The molecule has 5 rings (SSSR count). The number of alkyl halides is 2. The van der Waals surface area contributed by atoms with Gasteiger partial charge in [-0.3, -0.25) is 9.59 Å². The van der Waals surface area contributed by atoms with Gasteiger partial charge in [0.15, 0.2) is 11.5 Å². The van der Waals surface area contributed by atoms with Gasteiger partial charge in [0.25, 0.3) is 5.91 Å². The van der Waals surface area contributed by atoms with E-state index in [1.54, 1.807) is 24.3 Å². The lowest BCUT2D eigenvalue weighted by Gasteiger charge is -2.21. The molecule has 2 aliphatic heterocycles. The molecule has 3 aliphatic rings. The van der Waals surface area contributed by atoms with Crippen molar-refractivity contribution in [3.05, 3.63) is 58.7 Å². The second kappa shape index (κ2) is 10.4. The predicted octanol–water partition coefficient (Wildman–Crippen LogP) is 3.77. The average Bonchev–Trinajstić information content (AvgIpc) is 3.47. The second-order valence-electron chi connectivity index (χ2n) is 9.74. The Morgan fingerprint density at radius 3 is 2.68 bits per heavy atom. The number of likely N-dealkylation sites (tertiary alicyclic amines) is 1. The van der Waals surface area contributed by atoms with Crippen LogP contribution in [0.3, 0.4) is 0 Å². The van der Waals surface area contributed by atoms with Gasteiger partial charge in [-0.25, -0.2) is 4.79 Å². The van der Waals surface area contributed by atoms with Crippen molar-refractivity contribution in [3.8, 4) is 11.5 Å². The molecule has 8 nitrogen and oxygen atoms in total. The van der Waals surface area contributed by atoms with Gasteiger partial charge in [0.1, 0.15) is 12.6 Å². The largest absolute Gasteiger partial charge is 0.489 e. The highest BCUT2D eigenvalue weighted by atomic mass is 19.3. The molecule has 1 N–H and O–H groups in total. The molecule has 0 bridgehead atoms. The fraction of sp³-hybridized carbons (Fsp3) is 0.444. The van der Waals surface area contributed by atoms with Crippen LogP contribution in [-0.2, 0) is 27.5 Å². The van der Waals surface area contributed by atoms with E-state index in [0.717, 1.165) is 24.0 Å². The van der Waals surface area contributed by atoms with Crippen LogP contribution in [0.15, 0.2) is 36.4 Å². The zero-order chi connectivity index (χ0) is 26.1. The number of amides is 2. The third-order valence-corrected chi connectivity index (χ3v) is 7.04. The lowest BCUT2D eigenvalue weighted by Crippen LogP contribution is -2.40. The number of nitrogens with one attached hydrogen (secondary N) is 1. The minimum Gasteiger partial charge on any atom is -0.489 e. The summed E-state index contributed by atoms with van der Waals surface area (Å²) in [5, 5.41) is 2.75. The van der Waals surface area contributed by atoms with Gasteiger partial charge in [-0.05, 0) is 60.1 Å². The van der Waals surface area contributed by atoms with Crippen LogP contribution in [0.1, 0.15) is 59.2 Å². The van der Waals surface area contributed by atoms with Gasteiger partial charge in [0, 0.05) is 31.5 Å². The molecule has 0 radical (unpaired) electrons.